The first-order chi connectivity index (χ1) is 10.0. The molecule has 5 nitrogen and oxygen atoms in total. The molecule has 0 spiro atoms. The lowest BCUT2D eigenvalue weighted by Gasteiger charge is -2.10. The van der Waals surface area contributed by atoms with Crippen molar-refractivity contribution in [2.45, 2.75) is 38.1 Å². The number of nitriles is 1. The molecule has 21 heavy (non-hydrogen) atoms. The molecule has 2 aromatic rings. The van der Waals surface area contributed by atoms with E-state index >= 15 is 0 Å². The summed E-state index contributed by atoms with van der Waals surface area (Å²) in [7, 11) is 0. The molecule has 1 aromatic heterocycles. The molecule has 0 aliphatic rings. The van der Waals surface area contributed by atoms with Crippen LogP contribution in [0, 0.1) is 11.3 Å². The number of nitrogens with two attached hydrogens (primary N) is 1. The molecule has 0 bridgehead atoms. The summed E-state index contributed by atoms with van der Waals surface area (Å²) < 4.78 is 2.02. The molecule has 110 valence electrons. The first-order valence-electron chi connectivity index (χ1n) is 6.85. The number of carbonyl (C=O) groups is 1. The van der Waals surface area contributed by atoms with Crippen molar-refractivity contribution in [2.75, 3.05) is 0 Å². The van der Waals surface area contributed by atoms with Crippen molar-refractivity contribution < 1.29 is 4.79 Å². The first-order valence-corrected chi connectivity index (χ1v) is 7.29. The van der Waals surface area contributed by atoms with Gasteiger partial charge in [0, 0.05) is 13.0 Å². The number of aromatic nitrogens is 2. The smallest absolute Gasteiger partial charge is 0.217 e. The van der Waals surface area contributed by atoms with E-state index in [-0.39, 0.29) is 11.3 Å². The second kappa shape index (κ2) is 6.59. The van der Waals surface area contributed by atoms with Gasteiger partial charge < -0.3 is 10.3 Å². The van der Waals surface area contributed by atoms with Crippen molar-refractivity contribution >= 4 is 28.5 Å². The number of unbranched alkanes of at least 4 members (excludes halogenated alkanes) is 1. The second-order valence-electron chi connectivity index (χ2n) is 4.98. The zero-order valence-corrected chi connectivity index (χ0v) is 12.6. The number of rotatable bonds is 6. The van der Waals surface area contributed by atoms with E-state index in [4.69, 9.17) is 22.6 Å². The molecule has 1 amide bonds. The topological polar surface area (TPSA) is 84.7 Å². The van der Waals surface area contributed by atoms with Crippen molar-refractivity contribution in [1.82, 2.24) is 9.55 Å². The van der Waals surface area contributed by atoms with Crippen LogP contribution >= 0.6 is 11.6 Å². The highest BCUT2D eigenvalue weighted by Gasteiger charge is 2.15. The Morgan fingerprint density at radius 3 is 2.90 bits per heavy atom. The minimum Gasteiger partial charge on any atom is -0.370 e. The highest BCUT2D eigenvalue weighted by molar-refractivity contribution is 6.20. The second-order valence-corrected chi connectivity index (χ2v) is 5.63. The van der Waals surface area contributed by atoms with Gasteiger partial charge in [0.25, 0.3) is 0 Å². The number of halogens is 1. The van der Waals surface area contributed by atoms with Crippen molar-refractivity contribution in [2.24, 2.45) is 5.73 Å². The monoisotopic (exact) mass is 304 g/mol. The fourth-order valence-electron chi connectivity index (χ4n) is 2.32. The van der Waals surface area contributed by atoms with E-state index in [1.54, 1.807) is 6.07 Å². The van der Waals surface area contributed by atoms with Crippen molar-refractivity contribution in [3.05, 3.63) is 29.6 Å². The molecule has 0 saturated heterocycles. The number of hydrogen-bond acceptors (Lipinski definition) is 3. The third kappa shape index (κ3) is 3.53. The summed E-state index contributed by atoms with van der Waals surface area (Å²) in [4.78, 5) is 15.3. The normalized spacial score (nSPS) is 12.2. The number of primary amides is 1. The molecule has 1 atom stereocenters. The zero-order chi connectivity index (χ0) is 15.4. The molecule has 0 fully saturated rings. The minimum absolute atomic E-state index is 0.223. The third-order valence-electron chi connectivity index (χ3n) is 3.32. The number of aryl methyl sites for hydroxylation is 1. The quantitative estimate of drug-likeness (QED) is 0.657. The molecule has 2 N–H and O–H groups in total. The molecule has 0 aliphatic heterocycles. The summed E-state index contributed by atoms with van der Waals surface area (Å²) in [6.07, 6.45) is 1.91. The fourth-order valence-corrected chi connectivity index (χ4v) is 2.49. The molecule has 1 aromatic carbocycles. The average Bonchev–Trinajstić information content (AvgIpc) is 2.81. The minimum atomic E-state index is -0.289. The lowest BCUT2D eigenvalue weighted by Crippen LogP contribution is -2.11. The van der Waals surface area contributed by atoms with Gasteiger partial charge in [-0.2, -0.15) is 5.26 Å². The Morgan fingerprint density at radius 2 is 2.29 bits per heavy atom. The predicted octanol–water partition coefficient (Wildman–Crippen LogP) is 2.86. The van der Waals surface area contributed by atoms with Crippen molar-refractivity contribution in [3.63, 3.8) is 0 Å². The lowest BCUT2D eigenvalue weighted by molar-refractivity contribution is -0.118. The lowest BCUT2D eigenvalue weighted by atomic mass is 10.2. The summed E-state index contributed by atoms with van der Waals surface area (Å²) in [5.74, 6) is 0.490. The molecule has 2 rings (SSSR count). The van der Waals surface area contributed by atoms with Crippen LogP contribution in [0.3, 0.4) is 0 Å². The SMILES string of the molecule is CC(Cl)c1nc2ccc(C#N)cc2n1CCCCC(N)=O. The Morgan fingerprint density at radius 1 is 1.52 bits per heavy atom. The van der Waals surface area contributed by atoms with Crippen molar-refractivity contribution in [3.8, 4) is 6.07 Å². The van der Waals surface area contributed by atoms with E-state index in [1.807, 2.05) is 23.6 Å². The first kappa shape index (κ1) is 15.3. The van der Waals surface area contributed by atoms with Crippen LogP contribution in [0.5, 0.6) is 0 Å². The highest BCUT2D eigenvalue weighted by Crippen LogP contribution is 2.25. The van der Waals surface area contributed by atoms with Crippen LogP contribution < -0.4 is 5.73 Å². The van der Waals surface area contributed by atoms with Crippen LogP contribution in [-0.4, -0.2) is 15.5 Å². The zero-order valence-electron chi connectivity index (χ0n) is 11.8. The van der Waals surface area contributed by atoms with Gasteiger partial charge in [-0.25, -0.2) is 4.98 Å². The largest absolute Gasteiger partial charge is 0.370 e. The third-order valence-corrected chi connectivity index (χ3v) is 3.51. The Bertz CT molecular complexity index is 699. The molecule has 0 saturated carbocycles. The molecule has 6 heteroatoms. The predicted molar refractivity (Wildman–Crippen MR) is 81.8 cm³/mol. The molecule has 0 radical (unpaired) electrons. The van der Waals surface area contributed by atoms with E-state index in [2.05, 4.69) is 11.1 Å². The van der Waals surface area contributed by atoms with Crippen LogP contribution in [0.15, 0.2) is 18.2 Å². The van der Waals surface area contributed by atoms with Crippen LogP contribution in [0.2, 0.25) is 0 Å². The number of carbonyl (C=O) groups excluding carboxylic acids is 1. The van der Waals surface area contributed by atoms with Gasteiger partial charge in [-0.3, -0.25) is 4.79 Å². The Hall–Kier alpha value is -2.06. The Labute approximate surface area is 128 Å². The summed E-state index contributed by atoms with van der Waals surface area (Å²) in [5, 5.41) is 8.80. The van der Waals surface area contributed by atoms with E-state index in [0.717, 1.165) is 29.7 Å². The van der Waals surface area contributed by atoms with Gasteiger partial charge in [0.05, 0.1) is 28.0 Å². The summed E-state index contributed by atoms with van der Waals surface area (Å²) in [5.41, 5.74) is 7.46. The highest BCUT2D eigenvalue weighted by atomic mass is 35.5. The molecular formula is C15H17ClN4O. The summed E-state index contributed by atoms with van der Waals surface area (Å²) in [6.45, 7) is 2.57. The molecule has 1 unspecified atom stereocenters. The van der Waals surface area contributed by atoms with Gasteiger partial charge in [0.15, 0.2) is 0 Å². The maximum absolute atomic E-state index is 10.8. The molecule has 1 heterocycles. The number of hydrogen-bond donors (Lipinski definition) is 1. The van der Waals surface area contributed by atoms with E-state index < -0.39 is 0 Å². The molecule has 0 aliphatic carbocycles. The maximum atomic E-state index is 10.8. The van der Waals surface area contributed by atoms with E-state index in [9.17, 15) is 4.79 Å². The van der Waals surface area contributed by atoms with Gasteiger partial charge in [0.2, 0.25) is 5.91 Å². The number of fused-ring (bicyclic) bond motifs is 1. The summed E-state index contributed by atoms with van der Waals surface area (Å²) in [6, 6.07) is 7.53. The van der Waals surface area contributed by atoms with E-state index in [1.165, 1.54) is 0 Å². The van der Waals surface area contributed by atoms with Gasteiger partial charge in [-0.15, -0.1) is 11.6 Å². The number of nitrogens with zero attached hydrogens (tertiary/aromatic N) is 3. The van der Waals surface area contributed by atoms with Gasteiger partial charge in [0.1, 0.15) is 5.82 Å². The van der Waals surface area contributed by atoms with E-state index in [0.29, 0.717) is 18.5 Å². The van der Waals surface area contributed by atoms with Gasteiger partial charge in [-0.05, 0) is 38.0 Å². The summed E-state index contributed by atoms with van der Waals surface area (Å²) >= 11 is 6.19. The fraction of sp³-hybridized carbons (Fsp3) is 0.400. The van der Waals surface area contributed by atoms with Crippen LogP contribution in [0.4, 0.5) is 0 Å². The number of imidazole rings is 1. The standard InChI is InChI=1S/C15H17ClN4O/c1-10(16)15-19-12-6-5-11(9-17)8-13(12)20(15)7-3-2-4-14(18)21/h5-6,8,10H,2-4,7H2,1H3,(H2,18,21). The van der Waals surface area contributed by atoms with Crippen molar-refractivity contribution in [1.29, 1.82) is 5.26 Å². The number of alkyl halides is 1. The van der Waals surface area contributed by atoms with Gasteiger partial charge >= 0.3 is 0 Å². The van der Waals surface area contributed by atoms with Crippen LogP contribution in [-0.2, 0) is 11.3 Å². The maximum Gasteiger partial charge on any atom is 0.217 e. The average molecular weight is 305 g/mol. The number of benzene rings is 1. The molecular weight excluding hydrogens is 288 g/mol. The van der Waals surface area contributed by atoms with Gasteiger partial charge in [-0.1, -0.05) is 0 Å². The Balaban J connectivity index is 2.31. The Kier molecular flexibility index (Phi) is 4.81. The van der Waals surface area contributed by atoms with Crippen LogP contribution in [0.25, 0.3) is 11.0 Å². The van der Waals surface area contributed by atoms with Crippen LogP contribution in [0.1, 0.15) is 43.0 Å². The number of amides is 1.